The molecule has 1 aliphatic heterocycles. The molecule has 1 fully saturated rings. The lowest BCUT2D eigenvalue weighted by molar-refractivity contribution is -0.0588. The lowest BCUT2D eigenvalue weighted by atomic mass is 9.82. The molecule has 0 radical (unpaired) electrons. The standard InChI is InChI=1S/C24H33NO6/c26-15-23(21-7-3-1-4-8-21)17-28-11-13-30-19-24(16-27,20-31-14-12-29-18-23)25-22-9-5-2-6-10-22/h1-10,25-27H,11-20H2. The van der Waals surface area contributed by atoms with Gasteiger partial charge in [-0.25, -0.2) is 0 Å². The van der Waals surface area contributed by atoms with Crippen molar-refractivity contribution in [3.8, 4) is 0 Å². The maximum Gasteiger partial charge on any atom is 0.107 e. The number of nitrogens with one attached hydrogen (secondary N) is 1. The lowest BCUT2D eigenvalue weighted by Crippen LogP contribution is -2.51. The van der Waals surface area contributed by atoms with Crippen LogP contribution in [0.4, 0.5) is 5.69 Å². The Morgan fingerprint density at radius 2 is 1.13 bits per heavy atom. The third-order valence-electron chi connectivity index (χ3n) is 5.43. The molecule has 170 valence electrons. The molecule has 0 saturated carbocycles. The van der Waals surface area contributed by atoms with Crippen molar-refractivity contribution in [2.75, 3.05) is 71.4 Å². The van der Waals surface area contributed by atoms with Gasteiger partial charge in [-0.2, -0.15) is 0 Å². The number of benzene rings is 2. The number of ether oxygens (including phenoxy) is 4. The molecular weight excluding hydrogens is 398 g/mol. The van der Waals surface area contributed by atoms with E-state index in [9.17, 15) is 10.2 Å². The summed E-state index contributed by atoms with van der Waals surface area (Å²) in [6.07, 6.45) is 0. The van der Waals surface area contributed by atoms with E-state index < -0.39 is 11.0 Å². The van der Waals surface area contributed by atoms with Crippen molar-refractivity contribution in [2.24, 2.45) is 0 Å². The second-order valence-corrected chi connectivity index (χ2v) is 7.94. The molecule has 31 heavy (non-hydrogen) atoms. The van der Waals surface area contributed by atoms with E-state index in [-0.39, 0.29) is 26.4 Å². The summed E-state index contributed by atoms with van der Waals surface area (Å²) in [5.74, 6) is 0. The fourth-order valence-electron chi connectivity index (χ4n) is 3.56. The first-order valence-electron chi connectivity index (χ1n) is 10.6. The highest BCUT2D eigenvalue weighted by atomic mass is 16.5. The summed E-state index contributed by atoms with van der Waals surface area (Å²) >= 11 is 0. The van der Waals surface area contributed by atoms with E-state index >= 15 is 0 Å². The molecule has 7 heteroatoms. The molecule has 0 unspecified atom stereocenters. The highest BCUT2D eigenvalue weighted by Gasteiger charge is 2.34. The van der Waals surface area contributed by atoms with Gasteiger partial charge in [-0.3, -0.25) is 0 Å². The van der Waals surface area contributed by atoms with Crippen molar-refractivity contribution in [1.29, 1.82) is 0 Å². The van der Waals surface area contributed by atoms with Gasteiger partial charge in [-0.05, 0) is 17.7 Å². The Morgan fingerprint density at radius 3 is 1.61 bits per heavy atom. The maximum absolute atomic E-state index is 10.2. The highest BCUT2D eigenvalue weighted by molar-refractivity contribution is 5.45. The van der Waals surface area contributed by atoms with E-state index in [1.807, 2.05) is 60.7 Å². The zero-order valence-corrected chi connectivity index (χ0v) is 17.9. The first-order chi connectivity index (χ1) is 15.2. The monoisotopic (exact) mass is 431 g/mol. The Kier molecular flexibility index (Phi) is 9.27. The largest absolute Gasteiger partial charge is 0.395 e. The number of rotatable bonds is 5. The smallest absolute Gasteiger partial charge is 0.107 e. The SMILES string of the molecule is OCC1(Nc2ccccc2)COCCOCC(CO)(c2ccccc2)COCCOC1. The van der Waals surface area contributed by atoms with Crippen molar-refractivity contribution >= 4 is 5.69 Å². The van der Waals surface area contributed by atoms with Crippen LogP contribution in [0.3, 0.4) is 0 Å². The second kappa shape index (κ2) is 12.1. The summed E-state index contributed by atoms with van der Waals surface area (Å²) in [5.41, 5.74) is 0.435. The molecule has 3 N–H and O–H groups in total. The summed E-state index contributed by atoms with van der Waals surface area (Å²) in [7, 11) is 0. The van der Waals surface area contributed by atoms with Gasteiger partial charge in [0.1, 0.15) is 5.54 Å². The van der Waals surface area contributed by atoms with E-state index in [1.165, 1.54) is 0 Å². The molecule has 1 aliphatic rings. The topological polar surface area (TPSA) is 89.4 Å². The van der Waals surface area contributed by atoms with Gasteiger partial charge in [0.05, 0.1) is 71.5 Å². The Morgan fingerprint density at radius 1 is 0.645 bits per heavy atom. The Hall–Kier alpha value is -2.00. The molecule has 0 bridgehead atoms. The van der Waals surface area contributed by atoms with Gasteiger partial charge in [0, 0.05) is 5.69 Å². The van der Waals surface area contributed by atoms with E-state index in [0.29, 0.717) is 39.6 Å². The minimum Gasteiger partial charge on any atom is -0.395 e. The van der Waals surface area contributed by atoms with Crippen LogP contribution < -0.4 is 5.32 Å². The Labute approximate surface area is 183 Å². The fourth-order valence-corrected chi connectivity index (χ4v) is 3.56. The number of para-hydroxylation sites is 1. The van der Waals surface area contributed by atoms with Crippen LogP contribution in [0.25, 0.3) is 0 Å². The van der Waals surface area contributed by atoms with Crippen LogP contribution in [0, 0.1) is 0 Å². The number of aliphatic hydroxyl groups is 2. The summed E-state index contributed by atoms with van der Waals surface area (Å²) < 4.78 is 23.4. The van der Waals surface area contributed by atoms with Crippen LogP contribution in [-0.2, 0) is 24.4 Å². The average molecular weight is 432 g/mol. The van der Waals surface area contributed by atoms with Gasteiger partial charge in [0.25, 0.3) is 0 Å². The van der Waals surface area contributed by atoms with Crippen LogP contribution in [0.2, 0.25) is 0 Å². The Bertz CT molecular complexity index is 726. The quantitative estimate of drug-likeness (QED) is 0.666. The lowest BCUT2D eigenvalue weighted by Gasteiger charge is -2.35. The number of hydrogen-bond donors (Lipinski definition) is 3. The third-order valence-corrected chi connectivity index (χ3v) is 5.43. The molecule has 0 atom stereocenters. The summed E-state index contributed by atoms with van der Waals surface area (Å²) in [6, 6.07) is 19.5. The first kappa shape index (κ1) is 23.7. The van der Waals surface area contributed by atoms with Gasteiger partial charge < -0.3 is 34.5 Å². The molecular formula is C24H33NO6. The van der Waals surface area contributed by atoms with Crippen molar-refractivity contribution in [1.82, 2.24) is 0 Å². The second-order valence-electron chi connectivity index (χ2n) is 7.94. The molecule has 0 aliphatic carbocycles. The van der Waals surface area contributed by atoms with Crippen LogP contribution in [-0.4, -0.2) is 81.8 Å². The first-order valence-corrected chi connectivity index (χ1v) is 10.6. The van der Waals surface area contributed by atoms with Crippen molar-refractivity contribution in [3.05, 3.63) is 66.2 Å². The third kappa shape index (κ3) is 6.74. The zero-order valence-electron chi connectivity index (χ0n) is 17.9. The van der Waals surface area contributed by atoms with Gasteiger partial charge >= 0.3 is 0 Å². The van der Waals surface area contributed by atoms with Gasteiger partial charge in [0.2, 0.25) is 0 Å². The molecule has 0 amide bonds. The van der Waals surface area contributed by atoms with Crippen LogP contribution >= 0.6 is 0 Å². The van der Waals surface area contributed by atoms with Crippen LogP contribution in [0.5, 0.6) is 0 Å². The molecule has 1 heterocycles. The van der Waals surface area contributed by atoms with E-state index in [2.05, 4.69) is 5.32 Å². The van der Waals surface area contributed by atoms with Crippen molar-refractivity contribution in [2.45, 2.75) is 11.0 Å². The molecule has 0 spiro atoms. The molecule has 1 saturated heterocycles. The van der Waals surface area contributed by atoms with E-state index in [1.54, 1.807) is 0 Å². The van der Waals surface area contributed by atoms with E-state index in [0.717, 1.165) is 11.3 Å². The van der Waals surface area contributed by atoms with Crippen LogP contribution in [0.15, 0.2) is 60.7 Å². The van der Waals surface area contributed by atoms with Crippen LogP contribution in [0.1, 0.15) is 5.56 Å². The van der Waals surface area contributed by atoms with Crippen molar-refractivity contribution in [3.63, 3.8) is 0 Å². The average Bonchev–Trinajstić information content (AvgIpc) is 2.83. The number of anilines is 1. The molecule has 3 rings (SSSR count). The minimum atomic E-state index is -0.773. The highest BCUT2D eigenvalue weighted by Crippen LogP contribution is 2.25. The molecule has 2 aromatic carbocycles. The predicted octanol–water partition coefficient (Wildman–Crippen LogP) is 1.84. The summed E-state index contributed by atoms with van der Waals surface area (Å²) in [4.78, 5) is 0. The molecule has 0 aromatic heterocycles. The van der Waals surface area contributed by atoms with E-state index in [4.69, 9.17) is 18.9 Å². The summed E-state index contributed by atoms with van der Waals surface area (Å²) in [6.45, 7) is 2.34. The summed E-state index contributed by atoms with van der Waals surface area (Å²) in [5, 5.41) is 23.7. The molecule has 7 nitrogen and oxygen atoms in total. The normalized spacial score (nSPS) is 26.6. The van der Waals surface area contributed by atoms with Crippen molar-refractivity contribution < 1.29 is 29.2 Å². The molecule has 2 aromatic rings. The van der Waals surface area contributed by atoms with Gasteiger partial charge in [-0.15, -0.1) is 0 Å². The Balaban J connectivity index is 1.65. The number of hydrogen-bond acceptors (Lipinski definition) is 7. The minimum absolute atomic E-state index is 0.0899. The zero-order chi connectivity index (χ0) is 21.8. The fraction of sp³-hybridized carbons (Fsp3) is 0.500. The predicted molar refractivity (Wildman–Crippen MR) is 118 cm³/mol. The van der Waals surface area contributed by atoms with Gasteiger partial charge in [0.15, 0.2) is 0 Å². The number of aliphatic hydroxyl groups excluding tert-OH is 2. The van der Waals surface area contributed by atoms with Gasteiger partial charge in [-0.1, -0.05) is 48.5 Å². The maximum atomic E-state index is 10.2.